The summed E-state index contributed by atoms with van der Waals surface area (Å²) in [6, 6.07) is 0. The van der Waals surface area contributed by atoms with Gasteiger partial charge >= 0.3 is 5.97 Å². The van der Waals surface area contributed by atoms with E-state index in [0.717, 1.165) is 51.4 Å². The van der Waals surface area contributed by atoms with E-state index in [1.807, 2.05) is 6.92 Å². The second-order valence-corrected chi connectivity index (χ2v) is 11.5. The van der Waals surface area contributed by atoms with Crippen molar-refractivity contribution in [2.45, 2.75) is 96.9 Å². The first-order chi connectivity index (χ1) is 13.6. The van der Waals surface area contributed by atoms with E-state index >= 15 is 0 Å². The van der Waals surface area contributed by atoms with Gasteiger partial charge in [-0.05, 0) is 97.7 Å². The van der Waals surface area contributed by atoms with E-state index < -0.39 is 12.1 Å². The van der Waals surface area contributed by atoms with Crippen LogP contribution >= 0.6 is 0 Å². The summed E-state index contributed by atoms with van der Waals surface area (Å²) in [5, 5.41) is 41.1. The van der Waals surface area contributed by atoms with Crippen LogP contribution in [0.1, 0.15) is 78.6 Å². The molecule has 4 rings (SSSR count). The monoisotopic (exact) mass is 408 g/mol. The molecule has 0 heterocycles. The summed E-state index contributed by atoms with van der Waals surface area (Å²) in [4.78, 5) is 11.1. The maximum absolute atomic E-state index is 11.2. The lowest BCUT2D eigenvalue weighted by Crippen LogP contribution is -2.58. The molecule has 0 unspecified atom stereocenters. The van der Waals surface area contributed by atoms with Gasteiger partial charge in [0.15, 0.2) is 0 Å². The summed E-state index contributed by atoms with van der Waals surface area (Å²) in [7, 11) is 0. The summed E-state index contributed by atoms with van der Waals surface area (Å²) < 4.78 is 0. The Kier molecular flexibility index (Phi) is 5.57. The molecule has 0 radical (unpaired) electrons. The number of hydrogen-bond donors (Lipinski definition) is 4. The Hall–Kier alpha value is -0.650. The fourth-order valence-electron chi connectivity index (χ4n) is 8.74. The predicted octanol–water partition coefficient (Wildman–Crippen LogP) is 3.45. The first-order valence-electron chi connectivity index (χ1n) is 11.8. The number of aliphatic hydroxyl groups excluding tert-OH is 3. The van der Waals surface area contributed by atoms with Crippen LogP contribution in [-0.2, 0) is 4.79 Å². The smallest absolute Gasteiger partial charge is 0.305 e. The van der Waals surface area contributed by atoms with Crippen molar-refractivity contribution in [3.8, 4) is 0 Å². The third-order valence-electron chi connectivity index (χ3n) is 10.4. The zero-order chi connectivity index (χ0) is 21.1. The fourth-order valence-corrected chi connectivity index (χ4v) is 8.74. The highest BCUT2D eigenvalue weighted by Crippen LogP contribution is 2.68. The van der Waals surface area contributed by atoms with Gasteiger partial charge in [-0.3, -0.25) is 4.79 Å². The lowest BCUT2D eigenvalue weighted by molar-refractivity contribution is -0.175. The third-order valence-corrected chi connectivity index (χ3v) is 10.4. The van der Waals surface area contributed by atoms with Gasteiger partial charge in [0.05, 0.1) is 24.7 Å². The summed E-state index contributed by atoms with van der Waals surface area (Å²) >= 11 is 0. The molecule has 0 aromatic carbocycles. The van der Waals surface area contributed by atoms with Crippen molar-refractivity contribution in [2.75, 3.05) is 0 Å². The SMILES string of the molecule is C[C@H]([C@H](O)CC(=O)O)[C@H]1CC[C@H]2[C@@H]3[C@@H](O)C[C@@H]4C[C@H](O)CC[C@]4(C)[C@H]3CC[C@]12C. The fraction of sp³-hybridized carbons (Fsp3) is 0.958. The highest BCUT2D eigenvalue weighted by Gasteiger charge is 2.63. The average molecular weight is 409 g/mol. The second kappa shape index (κ2) is 7.49. The Labute approximate surface area is 174 Å². The normalized spacial score (nSPS) is 51.4. The van der Waals surface area contributed by atoms with E-state index in [4.69, 9.17) is 5.11 Å². The number of aliphatic carboxylic acids is 1. The molecule has 4 aliphatic rings. The molecule has 4 saturated carbocycles. The quantitative estimate of drug-likeness (QED) is 0.571. The van der Waals surface area contributed by atoms with E-state index in [0.29, 0.717) is 29.6 Å². The van der Waals surface area contributed by atoms with Crippen LogP contribution in [0.2, 0.25) is 0 Å². The molecule has 0 aromatic rings. The maximum Gasteiger partial charge on any atom is 0.305 e. The summed E-state index contributed by atoms with van der Waals surface area (Å²) in [6.07, 6.45) is 6.40. The van der Waals surface area contributed by atoms with E-state index in [9.17, 15) is 20.1 Å². The van der Waals surface area contributed by atoms with Gasteiger partial charge in [0.2, 0.25) is 0 Å². The molecule has 4 fully saturated rings. The predicted molar refractivity (Wildman–Crippen MR) is 110 cm³/mol. The maximum atomic E-state index is 11.2. The van der Waals surface area contributed by atoms with Crippen LogP contribution in [0.3, 0.4) is 0 Å². The highest BCUT2D eigenvalue weighted by atomic mass is 16.4. The first-order valence-corrected chi connectivity index (χ1v) is 11.8. The standard InChI is InChI=1S/C24H40O5/c1-13(19(26)12-21(28)29)16-4-5-17-22-18(7-9-24(16,17)3)23(2)8-6-15(25)10-14(23)11-20(22)27/h13-20,22,25-27H,4-12H2,1-3H3,(H,28,29)/t13-,14-,15+,16+,17-,18-,19+,20-,22-,23-,24+/m0/s1. The number of aliphatic hydroxyl groups is 3. The zero-order valence-electron chi connectivity index (χ0n) is 18.3. The highest BCUT2D eigenvalue weighted by molar-refractivity contribution is 5.67. The Morgan fingerprint density at radius 1 is 1.00 bits per heavy atom. The summed E-state index contributed by atoms with van der Waals surface area (Å²) in [5.74, 6) is 1.03. The van der Waals surface area contributed by atoms with E-state index in [1.54, 1.807) is 0 Å². The molecule has 0 saturated heterocycles. The van der Waals surface area contributed by atoms with Crippen LogP contribution in [-0.4, -0.2) is 44.7 Å². The molecule has 5 heteroatoms. The van der Waals surface area contributed by atoms with E-state index in [1.165, 1.54) is 0 Å². The third kappa shape index (κ3) is 3.36. The molecule has 5 nitrogen and oxygen atoms in total. The molecule has 0 aliphatic heterocycles. The van der Waals surface area contributed by atoms with Crippen LogP contribution in [0.4, 0.5) is 0 Å². The Balaban J connectivity index is 1.57. The minimum atomic E-state index is -0.936. The van der Waals surface area contributed by atoms with Gasteiger partial charge in [0, 0.05) is 0 Å². The summed E-state index contributed by atoms with van der Waals surface area (Å²) in [6.45, 7) is 6.79. The van der Waals surface area contributed by atoms with Crippen molar-refractivity contribution in [1.82, 2.24) is 0 Å². The first kappa shape index (κ1) is 21.6. The molecule has 0 amide bonds. The molecule has 4 N–H and O–H groups in total. The number of rotatable bonds is 4. The molecular weight excluding hydrogens is 368 g/mol. The molecule has 0 bridgehead atoms. The van der Waals surface area contributed by atoms with Gasteiger partial charge in [-0.15, -0.1) is 0 Å². The minimum Gasteiger partial charge on any atom is -0.481 e. The molecule has 166 valence electrons. The average Bonchev–Trinajstić information content (AvgIpc) is 2.99. The van der Waals surface area contributed by atoms with Crippen LogP contribution in [0.5, 0.6) is 0 Å². The number of carboxylic acid groups (broad SMARTS) is 1. The van der Waals surface area contributed by atoms with Crippen molar-refractivity contribution >= 4 is 5.97 Å². The zero-order valence-corrected chi connectivity index (χ0v) is 18.3. The van der Waals surface area contributed by atoms with Gasteiger partial charge < -0.3 is 20.4 Å². The van der Waals surface area contributed by atoms with E-state index in [-0.39, 0.29) is 35.4 Å². The van der Waals surface area contributed by atoms with Crippen molar-refractivity contribution in [1.29, 1.82) is 0 Å². The van der Waals surface area contributed by atoms with E-state index in [2.05, 4.69) is 13.8 Å². The lowest BCUT2D eigenvalue weighted by Gasteiger charge is -2.62. The van der Waals surface area contributed by atoms with Crippen LogP contribution in [0.25, 0.3) is 0 Å². The van der Waals surface area contributed by atoms with Crippen molar-refractivity contribution in [2.24, 2.45) is 46.3 Å². The summed E-state index contributed by atoms with van der Waals surface area (Å²) in [5.41, 5.74) is 0.287. The van der Waals surface area contributed by atoms with Crippen LogP contribution < -0.4 is 0 Å². The van der Waals surface area contributed by atoms with Crippen molar-refractivity contribution in [3.63, 3.8) is 0 Å². The number of fused-ring (bicyclic) bond motifs is 5. The Morgan fingerprint density at radius 2 is 1.66 bits per heavy atom. The van der Waals surface area contributed by atoms with Gasteiger partial charge in [-0.25, -0.2) is 0 Å². The Bertz CT molecular complexity index is 637. The lowest BCUT2D eigenvalue weighted by atomic mass is 9.43. The van der Waals surface area contributed by atoms with Gasteiger partial charge in [0.1, 0.15) is 0 Å². The number of carbonyl (C=O) groups is 1. The van der Waals surface area contributed by atoms with Gasteiger partial charge in [0.25, 0.3) is 0 Å². The molecular formula is C24H40O5. The second-order valence-electron chi connectivity index (χ2n) is 11.5. The largest absolute Gasteiger partial charge is 0.481 e. The van der Waals surface area contributed by atoms with Gasteiger partial charge in [-0.2, -0.15) is 0 Å². The topological polar surface area (TPSA) is 98.0 Å². The number of hydrogen-bond acceptors (Lipinski definition) is 4. The molecule has 0 spiro atoms. The molecule has 29 heavy (non-hydrogen) atoms. The van der Waals surface area contributed by atoms with Crippen LogP contribution in [0, 0.1) is 46.3 Å². The molecule has 11 atom stereocenters. The van der Waals surface area contributed by atoms with Crippen molar-refractivity contribution < 1.29 is 25.2 Å². The van der Waals surface area contributed by atoms with Crippen molar-refractivity contribution in [3.05, 3.63) is 0 Å². The minimum absolute atomic E-state index is 0.0356. The molecule has 4 aliphatic carbocycles. The number of carboxylic acids is 1. The van der Waals surface area contributed by atoms with Gasteiger partial charge in [-0.1, -0.05) is 20.8 Å². The molecule has 0 aromatic heterocycles. The van der Waals surface area contributed by atoms with Crippen LogP contribution in [0.15, 0.2) is 0 Å². The Morgan fingerprint density at radius 3 is 2.34 bits per heavy atom.